The summed E-state index contributed by atoms with van der Waals surface area (Å²) in [5.74, 6) is -2.84. The molecule has 1 unspecified atom stereocenters. The highest BCUT2D eigenvalue weighted by atomic mass is 35.5. The van der Waals surface area contributed by atoms with Crippen LogP contribution in [-0.4, -0.2) is 53.4 Å². The fourth-order valence-electron chi connectivity index (χ4n) is 3.41. The number of aliphatic hydroxyl groups excluding tert-OH is 1. The zero-order chi connectivity index (χ0) is 26.1. The second kappa shape index (κ2) is 12.8. The average Bonchev–Trinajstić information content (AvgIpc) is 3.19. The first kappa shape index (κ1) is 26.8. The third kappa shape index (κ3) is 7.12. The lowest BCUT2D eigenvalue weighted by molar-refractivity contribution is -0.134. The Bertz CT molecular complexity index is 1180. The molecule has 190 valence electrons. The van der Waals surface area contributed by atoms with Crippen molar-refractivity contribution in [3.63, 3.8) is 0 Å². The molecule has 0 spiro atoms. The summed E-state index contributed by atoms with van der Waals surface area (Å²) < 4.78 is 34.5. The predicted octanol–water partition coefficient (Wildman–Crippen LogP) is 2.70. The van der Waals surface area contributed by atoms with E-state index in [0.29, 0.717) is 23.7 Å². The highest BCUT2D eigenvalue weighted by Crippen LogP contribution is 2.28. The van der Waals surface area contributed by atoms with Gasteiger partial charge in [0.05, 0.1) is 11.6 Å². The number of nitrogens with one attached hydrogen (secondary N) is 1. The van der Waals surface area contributed by atoms with Gasteiger partial charge in [0.1, 0.15) is 35.0 Å². The van der Waals surface area contributed by atoms with E-state index in [9.17, 15) is 18.4 Å². The van der Waals surface area contributed by atoms with E-state index in [1.807, 2.05) is 0 Å². The van der Waals surface area contributed by atoms with Crippen LogP contribution in [0.4, 0.5) is 8.78 Å². The lowest BCUT2D eigenvalue weighted by Crippen LogP contribution is -2.44. The van der Waals surface area contributed by atoms with Gasteiger partial charge in [-0.2, -0.15) is 4.99 Å². The van der Waals surface area contributed by atoms with Crippen molar-refractivity contribution in [3.8, 4) is 5.75 Å². The van der Waals surface area contributed by atoms with Gasteiger partial charge in [-0.15, -0.1) is 0 Å². The van der Waals surface area contributed by atoms with Crippen LogP contribution in [0.15, 0.2) is 71.6 Å². The maximum Gasteiger partial charge on any atom is 0.270 e. The fraction of sp³-hybridized carbons (Fsp3) is 0.240. The van der Waals surface area contributed by atoms with E-state index >= 15 is 0 Å². The van der Waals surface area contributed by atoms with Gasteiger partial charge in [0.2, 0.25) is 0 Å². The summed E-state index contributed by atoms with van der Waals surface area (Å²) in [4.78, 5) is 30.8. The SMILES string of the molecule is NC(/C=C\NCCCO)=NC(=O)C(Cc1c(F)cccc1F)N1CC(Oc2ccccc2Cl)=CC1=O. The molecule has 0 aromatic heterocycles. The molecule has 0 fully saturated rings. The lowest BCUT2D eigenvalue weighted by atomic mass is 10.0. The first-order valence-corrected chi connectivity index (χ1v) is 11.4. The fourth-order valence-corrected chi connectivity index (χ4v) is 3.58. The highest BCUT2D eigenvalue weighted by molar-refractivity contribution is 6.32. The van der Waals surface area contributed by atoms with E-state index in [1.165, 1.54) is 24.4 Å². The molecule has 8 nitrogen and oxygen atoms in total. The number of hydrogen-bond acceptors (Lipinski definition) is 5. The van der Waals surface area contributed by atoms with Gasteiger partial charge in [0, 0.05) is 37.4 Å². The number of nitrogens with two attached hydrogens (primary N) is 1. The molecule has 36 heavy (non-hydrogen) atoms. The number of amides is 2. The van der Waals surface area contributed by atoms with Crippen LogP contribution in [0.3, 0.4) is 0 Å². The molecule has 3 rings (SSSR count). The normalized spacial score (nSPS) is 14.8. The smallest absolute Gasteiger partial charge is 0.270 e. The van der Waals surface area contributed by atoms with E-state index in [4.69, 9.17) is 27.2 Å². The maximum absolute atomic E-state index is 14.4. The zero-order valence-electron chi connectivity index (χ0n) is 19.2. The van der Waals surface area contributed by atoms with Crippen molar-refractivity contribution < 1.29 is 28.2 Å². The Balaban J connectivity index is 1.83. The van der Waals surface area contributed by atoms with Crippen molar-refractivity contribution in [2.24, 2.45) is 10.7 Å². The summed E-state index contributed by atoms with van der Waals surface area (Å²) >= 11 is 6.11. The Kier molecular flexibility index (Phi) is 9.54. The number of para-hydroxylation sites is 1. The van der Waals surface area contributed by atoms with Crippen molar-refractivity contribution in [1.29, 1.82) is 0 Å². The largest absolute Gasteiger partial charge is 0.458 e. The number of carbonyl (C=O) groups is 2. The number of rotatable bonds is 11. The number of aliphatic hydroxyl groups is 1. The molecule has 2 aromatic rings. The van der Waals surface area contributed by atoms with Gasteiger partial charge in [0.15, 0.2) is 0 Å². The second-order valence-electron chi connectivity index (χ2n) is 7.77. The molecule has 1 heterocycles. The molecule has 0 saturated heterocycles. The van der Waals surface area contributed by atoms with Gasteiger partial charge in [-0.25, -0.2) is 8.78 Å². The van der Waals surface area contributed by atoms with Gasteiger partial charge in [-0.05, 0) is 36.8 Å². The monoisotopic (exact) mass is 518 g/mol. The Morgan fingerprint density at radius 3 is 2.67 bits per heavy atom. The number of ether oxygens (including phenoxy) is 1. The van der Waals surface area contributed by atoms with Gasteiger partial charge in [-0.3, -0.25) is 9.59 Å². The van der Waals surface area contributed by atoms with Crippen LogP contribution < -0.4 is 15.8 Å². The zero-order valence-corrected chi connectivity index (χ0v) is 19.9. The third-order valence-corrected chi connectivity index (χ3v) is 5.49. The van der Waals surface area contributed by atoms with Crippen LogP contribution in [0.25, 0.3) is 0 Å². The van der Waals surface area contributed by atoms with E-state index < -0.39 is 35.9 Å². The first-order chi connectivity index (χ1) is 17.3. The predicted molar refractivity (Wildman–Crippen MR) is 131 cm³/mol. The highest BCUT2D eigenvalue weighted by Gasteiger charge is 2.35. The van der Waals surface area contributed by atoms with Crippen molar-refractivity contribution in [3.05, 3.63) is 88.8 Å². The van der Waals surface area contributed by atoms with E-state index in [0.717, 1.165) is 17.0 Å². The average molecular weight is 519 g/mol. The number of hydrogen-bond donors (Lipinski definition) is 3. The second-order valence-corrected chi connectivity index (χ2v) is 8.18. The Morgan fingerprint density at radius 1 is 1.25 bits per heavy atom. The van der Waals surface area contributed by atoms with Crippen LogP contribution >= 0.6 is 11.6 Å². The van der Waals surface area contributed by atoms with Crippen LogP contribution in [0, 0.1) is 11.6 Å². The standard InChI is InChI=1S/C25H25ClF2N4O4/c26-18-5-1-2-8-22(18)36-16-13-24(34)32(15-16)21(14-17-19(27)6-3-7-20(17)28)25(35)31-23(29)9-11-30-10-4-12-33/h1-3,5-9,11,13,21,30,33H,4,10,12,14-15H2,(H2,29,31,35)/b11-9-. The first-order valence-electron chi connectivity index (χ1n) is 11.1. The summed E-state index contributed by atoms with van der Waals surface area (Å²) in [5, 5.41) is 12.0. The third-order valence-electron chi connectivity index (χ3n) is 5.18. The lowest BCUT2D eigenvalue weighted by Gasteiger charge is -2.26. The van der Waals surface area contributed by atoms with Crippen LogP contribution in [0.2, 0.25) is 5.02 Å². The molecule has 1 aliphatic rings. The van der Waals surface area contributed by atoms with E-state index in [-0.39, 0.29) is 30.3 Å². The molecular weight excluding hydrogens is 494 g/mol. The van der Waals surface area contributed by atoms with Crippen molar-refractivity contribution in [2.45, 2.75) is 18.9 Å². The minimum Gasteiger partial charge on any atom is -0.458 e. The van der Waals surface area contributed by atoms with Gasteiger partial charge in [0.25, 0.3) is 11.8 Å². The molecule has 0 saturated carbocycles. The molecular formula is C25H25ClF2N4O4. The molecule has 2 aromatic carbocycles. The van der Waals surface area contributed by atoms with Crippen LogP contribution in [0.1, 0.15) is 12.0 Å². The molecule has 11 heteroatoms. The number of carbonyl (C=O) groups excluding carboxylic acids is 2. The van der Waals surface area contributed by atoms with Gasteiger partial charge < -0.3 is 25.8 Å². The van der Waals surface area contributed by atoms with Gasteiger partial charge in [-0.1, -0.05) is 29.8 Å². The Morgan fingerprint density at radius 2 is 1.97 bits per heavy atom. The molecule has 1 aliphatic heterocycles. The summed E-state index contributed by atoms with van der Waals surface area (Å²) in [6.07, 6.45) is 4.00. The van der Waals surface area contributed by atoms with Crippen LogP contribution in [-0.2, 0) is 16.0 Å². The van der Waals surface area contributed by atoms with Gasteiger partial charge >= 0.3 is 0 Å². The number of amidine groups is 1. The summed E-state index contributed by atoms with van der Waals surface area (Å²) in [6, 6.07) is 8.61. The Labute approximate surface area is 211 Å². The number of halogens is 3. The summed E-state index contributed by atoms with van der Waals surface area (Å²) in [6.45, 7) is 0.341. The quantitative estimate of drug-likeness (QED) is 0.239. The molecule has 1 atom stereocenters. The molecule has 0 radical (unpaired) electrons. The van der Waals surface area contributed by atoms with E-state index in [1.54, 1.807) is 24.3 Å². The van der Waals surface area contributed by atoms with Crippen LogP contribution in [0.5, 0.6) is 5.75 Å². The molecule has 0 aliphatic carbocycles. The van der Waals surface area contributed by atoms with Crippen molar-refractivity contribution in [2.75, 3.05) is 19.7 Å². The minimum absolute atomic E-state index is 0.0112. The summed E-state index contributed by atoms with van der Waals surface area (Å²) in [5.41, 5.74) is 5.45. The minimum atomic E-state index is -1.36. The number of benzene rings is 2. The number of nitrogens with zero attached hydrogens (tertiary/aromatic N) is 2. The summed E-state index contributed by atoms with van der Waals surface area (Å²) in [7, 11) is 0. The number of aliphatic imine (C=N–C) groups is 1. The molecule has 2 amide bonds. The molecule has 0 bridgehead atoms. The topological polar surface area (TPSA) is 117 Å². The Hall–Kier alpha value is -3.76. The molecule has 4 N–H and O–H groups in total. The van der Waals surface area contributed by atoms with Crippen molar-refractivity contribution in [1.82, 2.24) is 10.2 Å². The van der Waals surface area contributed by atoms with E-state index in [2.05, 4.69) is 10.3 Å². The van der Waals surface area contributed by atoms with Crippen molar-refractivity contribution >= 4 is 29.3 Å². The maximum atomic E-state index is 14.4.